The lowest BCUT2D eigenvalue weighted by molar-refractivity contribution is 0.117. The van der Waals surface area contributed by atoms with Crippen molar-refractivity contribution in [2.75, 3.05) is 13.6 Å². The summed E-state index contributed by atoms with van der Waals surface area (Å²) >= 11 is 0. The molecule has 0 amide bonds. The highest BCUT2D eigenvalue weighted by Crippen LogP contribution is 2.21. The highest BCUT2D eigenvalue weighted by molar-refractivity contribution is 5.24. The van der Waals surface area contributed by atoms with Crippen molar-refractivity contribution in [3.63, 3.8) is 0 Å². The molecule has 0 N–H and O–H groups in total. The second kappa shape index (κ2) is 5.15. The molecule has 90 valence electrons. The molecule has 0 bridgehead atoms. The van der Waals surface area contributed by atoms with Crippen LogP contribution >= 0.6 is 0 Å². The normalized spacial score (nSPS) is 22.1. The molecule has 1 fully saturated rings. The molecule has 4 nitrogen and oxygen atoms in total. The van der Waals surface area contributed by atoms with Crippen LogP contribution < -0.4 is 4.74 Å². The van der Waals surface area contributed by atoms with Gasteiger partial charge >= 0.3 is 0 Å². The Labute approximate surface area is 102 Å². The highest BCUT2D eigenvalue weighted by atomic mass is 16.5. The molecule has 1 aromatic rings. The summed E-state index contributed by atoms with van der Waals surface area (Å²) in [6, 6.07) is 7.74. The zero-order chi connectivity index (χ0) is 12.3. The number of nitrogens with zero attached hydrogens (tertiary/aromatic N) is 3. The molecule has 2 rings (SSSR count). The zero-order valence-corrected chi connectivity index (χ0v) is 10.3. The lowest BCUT2D eigenvalue weighted by Crippen LogP contribution is -2.38. The number of hydrogen-bond acceptors (Lipinski definition) is 4. The van der Waals surface area contributed by atoms with E-state index >= 15 is 0 Å². The van der Waals surface area contributed by atoms with Crippen LogP contribution in [-0.4, -0.2) is 35.6 Å². The van der Waals surface area contributed by atoms with Gasteiger partial charge in [-0.15, -0.1) is 0 Å². The fourth-order valence-corrected chi connectivity index (χ4v) is 2.34. The van der Waals surface area contributed by atoms with Crippen LogP contribution in [0.15, 0.2) is 18.2 Å². The third kappa shape index (κ3) is 2.75. The largest absolute Gasteiger partial charge is 0.473 e. The fourth-order valence-electron chi connectivity index (χ4n) is 2.34. The van der Waals surface area contributed by atoms with E-state index in [1.807, 2.05) is 6.07 Å². The molecule has 4 heteroatoms. The summed E-state index contributed by atoms with van der Waals surface area (Å²) in [5.41, 5.74) is 0.398. The van der Waals surface area contributed by atoms with Crippen LogP contribution in [0.3, 0.4) is 0 Å². The summed E-state index contributed by atoms with van der Waals surface area (Å²) in [7, 11) is 2.12. The first-order valence-corrected chi connectivity index (χ1v) is 5.95. The van der Waals surface area contributed by atoms with Gasteiger partial charge in [0.1, 0.15) is 17.9 Å². The molecule has 1 aliphatic rings. The van der Waals surface area contributed by atoms with E-state index in [9.17, 15) is 0 Å². The number of pyridine rings is 1. The van der Waals surface area contributed by atoms with Gasteiger partial charge < -0.3 is 4.74 Å². The highest BCUT2D eigenvalue weighted by Gasteiger charge is 2.27. The van der Waals surface area contributed by atoms with Crippen LogP contribution in [0.5, 0.6) is 5.88 Å². The van der Waals surface area contributed by atoms with E-state index in [1.165, 1.54) is 6.42 Å². The van der Waals surface area contributed by atoms with E-state index in [0.29, 0.717) is 17.6 Å². The van der Waals surface area contributed by atoms with Crippen molar-refractivity contribution < 1.29 is 4.74 Å². The summed E-state index contributed by atoms with van der Waals surface area (Å²) in [6.07, 6.45) is 2.49. The van der Waals surface area contributed by atoms with E-state index in [0.717, 1.165) is 13.0 Å². The Morgan fingerprint density at radius 1 is 1.59 bits per heavy atom. The van der Waals surface area contributed by atoms with Crippen LogP contribution in [-0.2, 0) is 0 Å². The second-order valence-corrected chi connectivity index (χ2v) is 4.49. The monoisotopic (exact) mass is 231 g/mol. The van der Waals surface area contributed by atoms with Gasteiger partial charge in [-0.1, -0.05) is 6.07 Å². The molecule has 0 aromatic carbocycles. The summed E-state index contributed by atoms with van der Waals surface area (Å²) < 4.78 is 5.81. The predicted molar refractivity (Wildman–Crippen MR) is 64.7 cm³/mol. The molecule has 0 spiro atoms. The standard InChI is InChI=1S/C13H17N3O/c1-10(12-6-4-8-16(12)2)17-13-7-3-5-11(9-14)15-13/h3,5,7,10,12H,4,6,8H2,1-2H3/t10-,12-/m0/s1. The van der Waals surface area contributed by atoms with Crippen molar-refractivity contribution in [2.45, 2.75) is 31.9 Å². The van der Waals surface area contributed by atoms with Gasteiger partial charge in [-0.3, -0.25) is 4.90 Å². The SMILES string of the molecule is C[C@H](Oc1cccc(C#N)n1)[C@@H]1CCCN1C. The van der Waals surface area contributed by atoms with Crippen LogP contribution in [0, 0.1) is 11.3 Å². The molecule has 2 atom stereocenters. The van der Waals surface area contributed by atoms with Crippen LogP contribution in [0.2, 0.25) is 0 Å². The molecule has 17 heavy (non-hydrogen) atoms. The van der Waals surface area contributed by atoms with Crippen molar-refractivity contribution >= 4 is 0 Å². The lowest BCUT2D eigenvalue weighted by Gasteiger charge is -2.26. The maximum absolute atomic E-state index is 8.77. The first-order chi connectivity index (χ1) is 8.20. The van der Waals surface area contributed by atoms with E-state index in [1.54, 1.807) is 18.2 Å². The number of ether oxygens (including phenoxy) is 1. The van der Waals surface area contributed by atoms with Gasteiger partial charge in [0.05, 0.1) is 0 Å². The van der Waals surface area contributed by atoms with Crippen molar-refractivity contribution in [1.82, 2.24) is 9.88 Å². The Kier molecular flexibility index (Phi) is 3.60. The maximum atomic E-state index is 8.77. The third-order valence-electron chi connectivity index (χ3n) is 3.26. The van der Waals surface area contributed by atoms with Gasteiger partial charge in [0.15, 0.2) is 0 Å². The van der Waals surface area contributed by atoms with Gasteiger partial charge in [0.2, 0.25) is 5.88 Å². The summed E-state index contributed by atoms with van der Waals surface area (Å²) in [5, 5.41) is 8.77. The quantitative estimate of drug-likeness (QED) is 0.796. The lowest BCUT2D eigenvalue weighted by atomic mass is 10.1. The fraction of sp³-hybridized carbons (Fsp3) is 0.538. The maximum Gasteiger partial charge on any atom is 0.214 e. The number of nitriles is 1. The molecule has 1 saturated heterocycles. The predicted octanol–water partition coefficient (Wildman–Crippen LogP) is 1.81. The minimum Gasteiger partial charge on any atom is -0.473 e. The van der Waals surface area contributed by atoms with Crippen molar-refractivity contribution in [2.24, 2.45) is 0 Å². The summed E-state index contributed by atoms with van der Waals surface area (Å²) in [4.78, 5) is 6.44. The van der Waals surface area contributed by atoms with E-state index in [-0.39, 0.29) is 6.10 Å². The summed E-state index contributed by atoms with van der Waals surface area (Å²) in [5.74, 6) is 0.539. The first kappa shape index (κ1) is 11.9. The Hall–Kier alpha value is -1.60. The van der Waals surface area contributed by atoms with Crippen molar-refractivity contribution in [3.05, 3.63) is 23.9 Å². The minimum atomic E-state index is 0.101. The Balaban J connectivity index is 2.02. The molecule has 0 saturated carbocycles. The Morgan fingerprint density at radius 3 is 3.06 bits per heavy atom. The van der Waals surface area contributed by atoms with Crippen LogP contribution in [0.4, 0.5) is 0 Å². The van der Waals surface area contributed by atoms with Crippen LogP contribution in [0.25, 0.3) is 0 Å². The van der Waals surface area contributed by atoms with E-state index in [2.05, 4.69) is 23.9 Å². The number of likely N-dealkylation sites (N-methyl/N-ethyl adjacent to an activating group) is 1. The van der Waals surface area contributed by atoms with Gasteiger partial charge in [-0.05, 0) is 39.4 Å². The molecule has 0 radical (unpaired) electrons. The van der Waals surface area contributed by atoms with E-state index < -0.39 is 0 Å². The Morgan fingerprint density at radius 2 is 2.41 bits per heavy atom. The molecular weight excluding hydrogens is 214 g/mol. The number of rotatable bonds is 3. The molecule has 1 aromatic heterocycles. The summed E-state index contributed by atoms with van der Waals surface area (Å²) in [6.45, 7) is 3.19. The van der Waals surface area contributed by atoms with Crippen LogP contribution in [0.1, 0.15) is 25.5 Å². The second-order valence-electron chi connectivity index (χ2n) is 4.49. The first-order valence-electron chi connectivity index (χ1n) is 5.95. The number of likely N-dealkylation sites (tertiary alicyclic amines) is 1. The minimum absolute atomic E-state index is 0.101. The van der Waals surface area contributed by atoms with Gasteiger partial charge in [-0.2, -0.15) is 5.26 Å². The van der Waals surface area contributed by atoms with Crippen molar-refractivity contribution in [3.8, 4) is 11.9 Å². The average molecular weight is 231 g/mol. The van der Waals surface area contributed by atoms with Gasteiger partial charge in [-0.25, -0.2) is 4.98 Å². The molecule has 1 aliphatic heterocycles. The molecular formula is C13H17N3O. The Bertz CT molecular complexity index is 427. The molecule has 2 heterocycles. The topological polar surface area (TPSA) is 49.1 Å². The van der Waals surface area contributed by atoms with Gasteiger partial charge in [0.25, 0.3) is 0 Å². The number of hydrogen-bond donors (Lipinski definition) is 0. The molecule has 0 unspecified atom stereocenters. The molecule has 0 aliphatic carbocycles. The smallest absolute Gasteiger partial charge is 0.214 e. The zero-order valence-electron chi connectivity index (χ0n) is 10.3. The van der Waals surface area contributed by atoms with Gasteiger partial charge in [0, 0.05) is 12.1 Å². The number of aromatic nitrogens is 1. The van der Waals surface area contributed by atoms with Crippen molar-refractivity contribution in [1.29, 1.82) is 5.26 Å². The third-order valence-corrected chi connectivity index (χ3v) is 3.26. The van der Waals surface area contributed by atoms with E-state index in [4.69, 9.17) is 10.00 Å². The average Bonchev–Trinajstić information content (AvgIpc) is 2.76.